The molecule has 1 N–H and O–H groups in total. The first-order valence-electron chi connectivity index (χ1n) is 11.5. The smallest absolute Gasteiger partial charge is 0.239 e. The van der Waals surface area contributed by atoms with Crippen LogP contribution in [0, 0.1) is 23.2 Å². The summed E-state index contributed by atoms with van der Waals surface area (Å²) in [6.07, 6.45) is 3.60. The Morgan fingerprint density at radius 3 is 2.56 bits per heavy atom. The van der Waals surface area contributed by atoms with Gasteiger partial charge in [0.2, 0.25) is 10.0 Å². The van der Waals surface area contributed by atoms with E-state index >= 15 is 0 Å². The van der Waals surface area contributed by atoms with Gasteiger partial charge in [-0.1, -0.05) is 50.2 Å². The van der Waals surface area contributed by atoms with Crippen molar-refractivity contribution >= 4 is 32.4 Å². The molecule has 0 amide bonds. The van der Waals surface area contributed by atoms with E-state index in [1.165, 1.54) is 9.54 Å². The highest BCUT2D eigenvalue weighted by Gasteiger charge is 2.77. The summed E-state index contributed by atoms with van der Waals surface area (Å²) in [5.74, 6) is 1.02. The topological polar surface area (TPSA) is 68.2 Å². The number of rotatable bonds is 4. The van der Waals surface area contributed by atoms with Gasteiger partial charge in [-0.25, -0.2) is 12.4 Å². The maximum atomic E-state index is 13.7. The molecule has 5 saturated carbocycles. The molecule has 0 spiro atoms. The molecule has 0 saturated heterocycles. The molecule has 1 aliphatic heterocycles. The molecular formula is C26H26N2O3S. The average Bonchev–Trinajstić information content (AvgIpc) is 3.49. The Morgan fingerprint density at radius 2 is 1.84 bits per heavy atom. The minimum atomic E-state index is -3.68. The molecule has 9 rings (SSSR count). The molecule has 3 aromatic rings. The molecule has 4 bridgehead atoms. The van der Waals surface area contributed by atoms with Crippen LogP contribution in [0.3, 0.4) is 0 Å². The van der Waals surface area contributed by atoms with Gasteiger partial charge in [-0.15, -0.1) is 0 Å². The molecular weight excluding hydrogens is 420 g/mol. The highest BCUT2D eigenvalue weighted by Crippen LogP contribution is 2.74. The summed E-state index contributed by atoms with van der Waals surface area (Å²) < 4.78 is 28.9. The van der Waals surface area contributed by atoms with Crippen LogP contribution in [0.4, 0.5) is 5.69 Å². The van der Waals surface area contributed by atoms with Crippen LogP contribution in [-0.4, -0.2) is 23.9 Å². The zero-order chi connectivity index (χ0) is 22.0. The third-order valence-corrected chi connectivity index (χ3v) is 10.8. The highest BCUT2D eigenvalue weighted by atomic mass is 32.2. The molecule has 0 radical (unpaired) electrons. The zero-order valence-electron chi connectivity index (χ0n) is 18.2. The van der Waals surface area contributed by atoms with Gasteiger partial charge in [0.05, 0.1) is 17.3 Å². The fourth-order valence-electron chi connectivity index (χ4n) is 7.46. The molecule has 1 aromatic heterocycles. The number of nitrogens with one attached hydrogen (secondary N) is 1. The van der Waals surface area contributed by atoms with Crippen molar-refractivity contribution in [1.82, 2.24) is 3.97 Å². The van der Waals surface area contributed by atoms with Gasteiger partial charge in [0, 0.05) is 39.6 Å². The number of carbonyl (C=O) groups excluding carboxylic acids is 1. The van der Waals surface area contributed by atoms with E-state index in [2.05, 4.69) is 31.3 Å². The van der Waals surface area contributed by atoms with E-state index in [1.54, 1.807) is 0 Å². The Balaban J connectivity index is 1.34. The Hall–Kier alpha value is -2.60. The molecule has 5 atom stereocenters. The number of carbonyl (C=O) groups is 1. The first kappa shape index (κ1) is 18.9. The van der Waals surface area contributed by atoms with Crippen molar-refractivity contribution in [2.75, 3.05) is 11.1 Å². The summed E-state index contributed by atoms with van der Waals surface area (Å²) in [5.41, 5.74) is 3.19. The lowest BCUT2D eigenvalue weighted by atomic mass is 9.52. The van der Waals surface area contributed by atoms with Gasteiger partial charge in [-0.3, -0.25) is 4.79 Å². The number of nitrogens with zero attached hydrogens (tertiary/aromatic N) is 1. The number of Topliss-reactive ketones (excluding diaryl/α,β-unsaturated/α-hetero) is 1. The normalized spacial score (nSPS) is 33.5. The van der Waals surface area contributed by atoms with E-state index in [9.17, 15) is 13.2 Å². The third-order valence-electron chi connectivity index (χ3n) is 9.03. The second-order valence-electron chi connectivity index (χ2n) is 10.9. The average molecular weight is 447 g/mol. The maximum Gasteiger partial charge on any atom is 0.239 e. The van der Waals surface area contributed by atoms with Gasteiger partial charge >= 0.3 is 0 Å². The van der Waals surface area contributed by atoms with Crippen molar-refractivity contribution < 1.29 is 13.2 Å². The van der Waals surface area contributed by atoms with Gasteiger partial charge in [-0.05, 0) is 42.4 Å². The molecule has 5 fully saturated rings. The SMILES string of the molecule is CC1(C)c2ccccc2NC1c1cn(S(=O)(=O)CC23CC4C[C@H]2C4C3=O)c2ccccc12. The number of para-hydroxylation sites is 2. The van der Waals surface area contributed by atoms with Crippen molar-refractivity contribution in [3.05, 3.63) is 65.9 Å². The van der Waals surface area contributed by atoms with Crippen molar-refractivity contribution in [2.24, 2.45) is 23.2 Å². The highest BCUT2D eigenvalue weighted by molar-refractivity contribution is 7.90. The summed E-state index contributed by atoms with van der Waals surface area (Å²) in [7, 11) is -3.68. The Morgan fingerprint density at radius 1 is 1.09 bits per heavy atom. The van der Waals surface area contributed by atoms with E-state index < -0.39 is 15.4 Å². The molecule has 6 heteroatoms. The van der Waals surface area contributed by atoms with Crippen molar-refractivity contribution in [2.45, 2.75) is 38.1 Å². The molecule has 6 aliphatic rings. The van der Waals surface area contributed by atoms with E-state index in [0.717, 1.165) is 29.5 Å². The first-order chi connectivity index (χ1) is 15.2. The molecule has 4 unspecified atom stereocenters. The third kappa shape index (κ3) is 2.05. The lowest BCUT2D eigenvalue weighted by Crippen LogP contribution is -2.59. The lowest BCUT2D eigenvalue weighted by Gasteiger charge is -2.51. The number of hydrogen-bond donors (Lipinski definition) is 1. The lowest BCUT2D eigenvalue weighted by molar-refractivity contribution is -0.153. The number of benzene rings is 2. The number of aromatic nitrogens is 1. The molecule has 164 valence electrons. The van der Waals surface area contributed by atoms with Crippen LogP contribution in [0.15, 0.2) is 54.7 Å². The van der Waals surface area contributed by atoms with E-state index in [-0.39, 0.29) is 28.9 Å². The molecule has 5 aliphatic carbocycles. The van der Waals surface area contributed by atoms with Crippen LogP contribution in [-0.2, 0) is 20.2 Å². The van der Waals surface area contributed by atoms with Crippen LogP contribution >= 0.6 is 0 Å². The van der Waals surface area contributed by atoms with Gasteiger partial charge in [0.1, 0.15) is 5.78 Å². The summed E-state index contributed by atoms with van der Waals surface area (Å²) >= 11 is 0. The number of anilines is 1. The van der Waals surface area contributed by atoms with Gasteiger partial charge in [0.25, 0.3) is 0 Å². The Kier molecular flexibility index (Phi) is 3.34. The summed E-state index contributed by atoms with van der Waals surface area (Å²) in [6, 6.07) is 16.0. The van der Waals surface area contributed by atoms with E-state index in [1.807, 2.05) is 42.6 Å². The minimum Gasteiger partial charge on any atom is -0.377 e. The second kappa shape index (κ2) is 5.66. The fourth-order valence-corrected chi connectivity index (χ4v) is 9.46. The van der Waals surface area contributed by atoms with Crippen LogP contribution in [0.2, 0.25) is 0 Å². The fraction of sp³-hybridized carbons (Fsp3) is 0.423. The summed E-state index contributed by atoms with van der Waals surface area (Å²) in [6.45, 7) is 4.41. The number of fused-ring (bicyclic) bond motifs is 2. The van der Waals surface area contributed by atoms with Crippen LogP contribution < -0.4 is 5.32 Å². The van der Waals surface area contributed by atoms with Crippen LogP contribution in [0.1, 0.15) is 43.9 Å². The van der Waals surface area contributed by atoms with Crippen molar-refractivity contribution in [3.8, 4) is 0 Å². The quantitative estimate of drug-likeness (QED) is 0.641. The molecule has 2 heterocycles. The maximum absolute atomic E-state index is 13.7. The largest absolute Gasteiger partial charge is 0.377 e. The molecule has 2 aromatic carbocycles. The standard InChI is InChI=1S/C26H26N2O3S/c1-25(2)18-8-4-5-9-20(18)27-23(25)17-13-28(21-10-6-3-7-16(17)21)32(30,31)14-26-12-15-11-19(26)22(15)24(26)29/h3-10,13,15,19,22-23,27H,11-12,14H2,1-2H3/t15?,19-,22?,23?,26?/m0/s1. The Bertz CT molecular complexity index is 1440. The number of hydrogen-bond acceptors (Lipinski definition) is 4. The first-order valence-corrected chi connectivity index (χ1v) is 13.1. The zero-order valence-corrected chi connectivity index (χ0v) is 19.0. The van der Waals surface area contributed by atoms with E-state index in [0.29, 0.717) is 17.4 Å². The predicted molar refractivity (Wildman–Crippen MR) is 124 cm³/mol. The van der Waals surface area contributed by atoms with Crippen LogP contribution in [0.5, 0.6) is 0 Å². The predicted octanol–water partition coefficient (Wildman–Crippen LogP) is 4.49. The number of ketones is 1. The molecule has 5 nitrogen and oxygen atoms in total. The monoisotopic (exact) mass is 446 g/mol. The molecule has 32 heavy (non-hydrogen) atoms. The van der Waals surface area contributed by atoms with Gasteiger partial charge < -0.3 is 5.32 Å². The van der Waals surface area contributed by atoms with Crippen molar-refractivity contribution in [1.29, 1.82) is 0 Å². The summed E-state index contributed by atoms with van der Waals surface area (Å²) in [5, 5.41) is 4.59. The van der Waals surface area contributed by atoms with E-state index in [4.69, 9.17) is 0 Å². The Labute approximate surface area is 187 Å². The van der Waals surface area contributed by atoms with Crippen molar-refractivity contribution in [3.63, 3.8) is 0 Å². The second-order valence-corrected chi connectivity index (χ2v) is 12.7. The summed E-state index contributed by atoms with van der Waals surface area (Å²) in [4.78, 5) is 12.7. The van der Waals surface area contributed by atoms with Gasteiger partial charge in [-0.2, -0.15) is 0 Å². The van der Waals surface area contributed by atoms with Crippen LogP contribution in [0.25, 0.3) is 10.9 Å². The van der Waals surface area contributed by atoms with Gasteiger partial charge in [0.15, 0.2) is 0 Å². The minimum absolute atomic E-state index is 0.0478.